The molecule has 0 aromatic carbocycles. The standard InChI is InChI=1S/C23H29ClN4O2/c24-20-14-26-18(11-22(29)17-5-2-8-25-13-17)10-19(20)21-6-1-7-23(28-21)27-12-16-4-3-9-30-15-16/h1,6-7,10,14,16-17,25H,2-5,8-9,11-13,15H2,(H,27,28)/t16-,17-/m1/s1. The van der Waals surface area contributed by atoms with E-state index in [0.29, 0.717) is 17.4 Å². The predicted octanol–water partition coefficient (Wildman–Crippen LogP) is 3.75. The molecule has 2 aliphatic heterocycles. The van der Waals surface area contributed by atoms with E-state index in [2.05, 4.69) is 15.6 Å². The van der Waals surface area contributed by atoms with Gasteiger partial charge in [-0.05, 0) is 56.3 Å². The van der Waals surface area contributed by atoms with Crippen molar-refractivity contribution in [1.82, 2.24) is 15.3 Å². The van der Waals surface area contributed by atoms with Crippen LogP contribution in [0.4, 0.5) is 5.82 Å². The van der Waals surface area contributed by atoms with Gasteiger partial charge in [-0.1, -0.05) is 17.7 Å². The van der Waals surface area contributed by atoms with E-state index >= 15 is 0 Å². The Labute approximate surface area is 182 Å². The van der Waals surface area contributed by atoms with Crippen LogP contribution < -0.4 is 10.6 Å². The number of carbonyl (C=O) groups excluding carboxylic acids is 1. The van der Waals surface area contributed by atoms with Crippen LogP contribution >= 0.6 is 11.6 Å². The van der Waals surface area contributed by atoms with Gasteiger partial charge in [-0.2, -0.15) is 0 Å². The maximum Gasteiger partial charge on any atom is 0.143 e. The van der Waals surface area contributed by atoms with Gasteiger partial charge in [-0.3, -0.25) is 9.78 Å². The highest BCUT2D eigenvalue weighted by Crippen LogP contribution is 2.28. The third-order valence-corrected chi connectivity index (χ3v) is 6.17. The Morgan fingerprint density at radius 1 is 1.30 bits per heavy atom. The zero-order valence-corrected chi connectivity index (χ0v) is 18.0. The minimum atomic E-state index is 0.0779. The van der Waals surface area contributed by atoms with Crippen molar-refractivity contribution < 1.29 is 9.53 Å². The largest absolute Gasteiger partial charge is 0.381 e. The number of nitrogens with zero attached hydrogens (tertiary/aromatic N) is 2. The van der Waals surface area contributed by atoms with Gasteiger partial charge in [0.25, 0.3) is 0 Å². The lowest BCUT2D eigenvalue weighted by molar-refractivity contribution is -0.122. The fraction of sp³-hybridized carbons (Fsp3) is 0.522. The highest BCUT2D eigenvalue weighted by Gasteiger charge is 2.22. The number of hydrogen-bond acceptors (Lipinski definition) is 6. The van der Waals surface area contributed by atoms with E-state index in [1.807, 2.05) is 24.3 Å². The lowest BCUT2D eigenvalue weighted by Crippen LogP contribution is -2.35. The fourth-order valence-electron chi connectivity index (χ4n) is 4.12. The lowest BCUT2D eigenvalue weighted by atomic mass is 9.92. The van der Waals surface area contributed by atoms with Crippen molar-refractivity contribution in [2.75, 3.05) is 38.2 Å². The Morgan fingerprint density at radius 3 is 3.03 bits per heavy atom. The summed E-state index contributed by atoms with van der Waals surface area (Å²) in [6.45, 7) is 4.27. The van der Waals surface area contributed by atoms with Gasteiger partial charge in [-0.15, -0.1) is 0 Å². The van der Waals surface area contributed by atoms with Crippen molar-refractivity contribution in [1.29, 1.82) is 0 Å². The fourth-order valence-corrected chi connectivity index (χ4v) is 4.33. The molecule has 2 N–H and O–H groups in total. The van der Waals surface area contributed by atoms with Crippen LogP contribution in [0, 0.1) is 11.8 Å². The van der Waals surface area contributed by atoms with Gasteiger partial charge in [-0.25, -0.2) is 4.98 Å². The maximum absolute atomic E-state index is 12.6. The molecule has 4 heterocycles. The second-order valence-corrected chi connectivity index (χ2v) is 8.62. The number of Topliss-reactive ketones (excluding diaryl/α,β-unsaturated/α-hetero) is 1. The molecule has 2 aromatic rings. The van der Waals surface area contributed by atoms with E-state index in [1.165, 1.54) is 6.42 Å². The quantitative estimate of drug-likeness (QED) is 0.699. The first kappa shape index (κ1) is 21.2. The van der Waals surface area contributed by atoms with Crippen LogP contribution in [0.1, 0.15) is 31.4 Å². The molecular weight excluding hydrogens is 400 g/mol. The molecule has 4 rings (SSSR count). The van der Waals surface area contributed by atoms with Crippen LogP contribution in [-0.2, 0) is 16.0 Å². The van der Waals surface area contributed by atoms with Crippen LogP contribution in [0.25, 0.3) is 11.3 Å². The summed E-state index contributed by atoms with van der Waals surface area (Å²) in [5.41, 5.74) is 2.32. The number of aromatic nitrogens is 2. The molecule has 30 heavy (non-hydrogen) atoms. The monoisotopic (exact) mass is 428 g/mol. The van der Waals surface area contributed by atoms with Crippen LogP contribution in [0.2, 0.25) is 5.02 Å². The minimum absolute atomic E-state index is 0.0779. The normalized spacial score (nSPS) is 21.9. The zero-order chi connectivity index (χ0) is 20.8. The smallest absolute Gasteiger partial charge is 0.143 e. The number of nitrogens with one attached hydrogen (secondary N) is 2. The predicted molar refractivity (Wildman–Crippen MR) is 119 cm³/mol. The molecule has 0 saturated carbocycles. The number of pyridine rings is 2. The van der Waals surface area contributed by atoms with Gasteiger partial charge in [0.1, 0.15) is 11.6 Å². The van der Waals surface area contributed by atoms with E-state index in [9.17, 15) is 4.79 Å². The summed E-state index contributed by atoms with van der Waals surface area (Å²) >= 11 is 6.43. The summed E-state index contributed by atoms with van der Waals surface area (Å²) in [6.07, 6.45) is 6.25. The van der Waals surface area contributed by atoms with Crippen LogP contribution in [-0.4, -0.2) is 48.6 Å². The van der Waals surface area contributed by atoms with Gasteiger partial charge in [0.2, 0.25) is 0 Å². The first-order valence-electron chi connectivity index (χ1n) is 10.9. The summed E-state index contributed by atoms with van der Waals surface area (Å²) in [5, 5.41) is 7.26. The third kappa shape index (κ3) is 5.56. The number of halogens is 1. The second kappa shape index (κ2) is 10.3. The zero-order valence-electron chi connectivity index (χ0n) is 17.2. The van der Waals surface area contributed by atoms with Gasteiger partial charge < -0.3 is 15.4 Å². The van der Waals surface area contributed by atoms with Crippen molar-refractivity contribution >= 4 is 23.2 Å². The molecule has 7 heteroatoms. The van der Waals surface area contributed by atoms with E-state index in [-0.39, 0.29) is 11.7 Å². The van der Waals surface area contributed by atoms with Crippen LogP contribution in [0.15, 0.2) is 30.5 Å². The summed E-state index contributed by atoms with van der Waals surface area (Å²) in [5.74, 6) is 1.65. The number of rotatable bonds is 7. The molecule has 160 valence electrons. The highest BCUT2D eigenvalue weighted by molar-refractivity contribution is 6.33. The Balaban J connectivity index is 1.45. The van der Waals surface area contributed by atoms with Crippen molar-refractivity contribution in [2.45, 2.75) is 32.1 Å². The number of hydrogen-bond donors (Lipinski definition) is 2. The summed E-state index contributed by atoms with van der Waals surface area (Å²) < 4.78 is 5.55. The van der Waals surface area contributed by atoms with Gasteiger partial charge in [0.15, 0.2) is 0 Å². The number of carbonyl (C=O) groups is 1. The van der Waals surface area contributed by atoms with Crippen molar-refractivity contribution in [2.24, 2.45) is 11.8 Å². The van der Waals surface area contributed by atoms with Crippen LogP contribution in [0.5, 0.6) is 0 Å². The number of ether oxygens (including phenoxy) is 1. The number of ketones is 1. The lowest BCUT2D eigenvalue weighted by Gasteiger charge is -2.22. The van der Waals surface area contributed by atoms with E-state index in [1.54, 1.807) is 6.20 Å². The molecule has 0 spiro atoms. The van der Waals surface area contributed by atoms with E-state index in [4.69, 9.17) is 21.3 Å². The van der Waals surface area contributed by atoms with Gasteiger partial charge in [0, 0.05) is 49.5 Å². The van der Waals surface area contributed by atoms with Crippen molar-refractivity contribution in [3.05, 3.63) is 41.2 Å². The molecule has 0 aliphatic carbocycles. The Bertz CT molecular complexity index is 864. The average molecular weight is 429 g/mol. The Hall–Kier alpha value is -2.02. The average Bonchev–Trinajstić information content (AvgIpc) is 2.80. The van der Waals surface area contributed by atoms with E-state index in [0.717, 1.165) is 74.9 Å². The molecule has 2 aliphatic rings. The van der Waals surface area contributed by atoms with E-state index < -0.39 is 0 Å². The van der Waals surface area contributed by atoms with Crippen molar-refractivity contribution in [3.8, 4) is 11.3 Å². The molecule has 0 bridgehead atoms. The summed E-state index contributed by atoms with van der Waals surface area (Å²) in [7, 11) is 0. The Morgan fingerprint density at radius 2 is 2.23 bits per heavy atom. The first-order valence-corrected chi connectivity index (χ1v) is 11.2. The second-order valence-electron chi connectivity index (χ2n) is 8.21. The Kier molecular flexibility index (Phi) is 7.31. The SMILES string of the molecule is O=C(Cc1cc(-c2cccc(NC[C@H]3CCCOC3)n2)c(Cl)cn1)[C@@H]1CCCNC1. The molecular formula is C23H29ClN4O2. The molecule has 2 saturated heterocycles. The van der Waals surface area contributed by atoms with Crippen molar-refractivity contribution in [3.63, 3.8) is 0 Å². The molecule has 2 aromatic heterocycles. The number of piperidine rings is 1. The van der Waals surface area contributed by atoms with Gasteiger partial charge in [0.05, 0.1) is 17.3 Å². The maximum atomic E-state index is 12.6. The molecule has 2 atom stereocenters. The minimum Gasteiger partial charge on any atom is -0.381 e. The summed E-state index contributed by atoms with van der Waals surface area (Å²) in [6, 6.07) is 7.77. The topological polar surface area (TPSA) is 76.1 Å². The molecule has 6 nitrogen and oxygen atoms in total. The molecule has 0 amide bonds. The molecule has 0 unspecified atom stereocenters. The molecule has 0 radical (unpaired) electrons. The summed E-state index contributed by atoms with van der Waals surface area (Å²) in [4.78, 5) is 21.8. The third-order valence-electron chi connectivity index (χ3n) is 5.87. The van der Waals surface area contributed by atoms with Gasteiger partial charge >= 0.3 is 0 Å². The molecule has 2 fully saturated rings. The van der Waals surface area contributed by atoms with Crippen LogP contribution in [0.3, 0.4) is 0 Å². The first-order chi connectivity index (χ1) is 14.7. The number of anilines is 1. The highest BCUT2D eigenvalue weighted by atomic mass is 35.5.